The first-order valence-corrected chi connectivity index (χ1v) is 12.9. The third-order valence-electron chi connectivity index (χ3n) is 6.21. The molecule has 0 saturated heterocycles. The van der Waals surface area contributed by atoms with Crippen LogP contribution >= 0.6 is 0 Å². The summed E-state index contributed by atoms with van der Waals surface area (Å²) in [7, 11) is -0.593. The molecule has 2 aliphatic heterocycles. The minimum Gasteiger partial charge on any atom is -0.383 e. The molecule has 12 heteroatoms. The molecule has 0 saturated carbocycles. The summed E-state index contributed by atoms with van der Waals surface area (Å²) in [6.45, 7) is 0.878. The fourth-order valence-corrected chi connectivity index (χ4v) is 5.65. The SMILES string of the molecule is C=S1(=O)Cc2ncc(-c3cc4cc(Nc5cc6n(n5)CC(=O)N(C)CC6)ncc4c(N)n3)cc2N1. The second-order valence-corrected chi connectivity index (χ2v) is 10.9. The first-order chi connectivity index (χ1) is 16.7. The maximum atomic E-state index is 12.3. The van der Waals surface area contributed by atoms with Crippen LogP contribution < -0.4 is 15.8 Å². The van der Waals surface area contributed by atoms with Gasteiger partial charge in [-0.15, -0.1) is 0 Å². The average Bonchev–Trinajstić information content (AvgIpc) is 3.30. The van der Waals surface area contributed by atoms with E-state index in [2.05, 4.69) is 36.0 Å². The van der Waals surface area contributed by atoms with Gasteiger partial charge in [-0.05, 0) is 29.5 Å². The highest BCUT2D eigenvalue weighted by Crippen LogP contribution is 2.32. The van der Waals surface area contributed by atoms with E-state index in [1.54, 1.807) is 29.0 Å². The predicted octanol–water partition coefficient (Wildman–Crippen LogP) is 1.79. The Morgan fingerprint density at radius 2 is 2.03 bits per heavy atom. The Morgan fingerprint density at radius 1 is 1.17 bits per heavy atom. The summed E-state index contributed by atoms with van der Waals surface area (Å²) in [4.78, 5) is 27.3. The van der Waals surface area contributed by atoms with E-state index in [4.69, 9.17) is 5.73 Å². The molecule has 178 valence electrons. The molecular formula is C23H23N9O2S. The Morgan fingerprint density at radius 3 is 2.89 bits per heavy atom. The molecule has 6 rings (SSSR count). The lowest BCUT2D eigenvalue weighted by Crippen LogP contribution is -2.29. The first-order valence-electron chi connectivity index (χ1n) is 11.0. The molecule has 1 atom stereocenters. The van der Waals surface area contributed by atoms with Gasteiger partial charge >= 0.3 is 0 Å². The van der Waals surface area contributed by atoms with Gasteiger partial charge in [0.2, 0.25) is 5.91 Å². The first kappa shape index (κ1) is 21.4. The monoisotopic (exact) mass is 489 g/mol. The number of carbonyl (C=O) groups excluding carboxylic acids is 1. The normalized spacial score (nSPS) is 19.2. The number of nitrogens with zero attached hydrogens (tertiary/aromatic N) is 6. The minimum absolute atomic E-state index is 0.0338. The Hall–Kier alpha value is -4.19. The van der Waals surface area contributed by atoms with Crippen molar-refractivity contribution in [1.29, 1.82) is 0 Å². The van der Waals surface area contributed by atoms with Gasteiger partial charge in [-0.3, -0.25) is 14.5 Å². The fourth-order valence-electron chi connectivity index (χ4n) is 4.33. The number of nitrogens with two attached hydrogens (primary N) is 1. The maximum absolute atomic E-state index is 12.3. The number of hydrogen-bond acceptors (Lipinski definition) is 8. The van der Waals surface area contributed by atoms with Gasteiger partial charge in [0.15, 0.2) is 5.82 Å². The van der Waals surface area contributed by atoms with Gasteiger partial charge in [-0.25, -0.2) is 14.2 Å². The zero-order valence-corrected chi connectivity index (χ0v) is 19.8. The topological polar surface area (TPSA) is 144 Å². The number of nitrogen functional groups attached to an aromatic ring is 1. The molecule has 4 aromatic rings. The van der Waals surface area contributed by atoms with E-state index in [9.17, 15) is 9.00 Å². The van der Waals surface area contributed by atoms with Crippen molar-refractivity contribution in [3.63, 3.8) is 0 Å². The highest BCUT2D eigenvalue weighted by atomic mass is 32.2. The van der Waals surface area contributed by atoms with Crippen LogP contribution in [0.5, 0.6) is 0 Å². The summed E-state index contributed by atoms with van der Waals surface area (Å²) < 4.78 is 17.0. The van der Waals surface area contributed by atoms with E-state index >= 15 is 0 Å². The molecule has 0 fully saturated rings. The highest BCUT2D eigenvalue weighted by Gasteiger charge is 2.22. The number of hydrogen-bond donors (Lipinski definition) is 3. The lowest BCUT2D eigenvalue weighted by atomic mass is 10.1. The molecule has 0 radical (unpaired) electrons. The van der Waals surface area contributed by atoms with Gasteiger partial charge in [0.1, 0.15) is 18.2 Å². The molecule has 11 nitrogen and oxygen atoms in total. The van der Waals surface area contributed by atoms with E-state index in [0.717, 1.165) is 34.1 Å². The number of carbonyl (C=O) groups is 1. The van der Waals surface area contributed by atoms with Crippen LogP contribution in [-0.2, 0) is 33.2 Å². The number of rotatable bonds is 3. The number of amides is 1. The van der Waals surface area contributed by atoms with Crippen LogP contribution in [0.2, 0.25) is 0 Å². The van der Waals surface area contributed by atoms with Crippen molar-refractivity contribution in [2.45, 2.75) is 18.7 Å². The Bertz CT molecular complexity index is 1630. The van der Waals surface area contributed by atoms with Crippen molar-refractivity contribution in [3.8, 4) is 11.3 Å². The Labute approximate surface area is 201 Å². The molecule has 0 bridgehead atoms. The van der Waals surface area contributed by atoms with Crippen LogP contribution in [0.1, 0.15) is 11.4 Å². The summed E-state index contributed by atoms with van der Waals surface area (Å²) in [6.07, 6.45) is 4.11. The molecular weight excluding hydrogens is 466 g/mol. The van der Waals surface area contributed by atoms with Crippen molar-refractivity contribution in [1.82, 2.24) is 29.6 Å². The number of anilines is 4. The Kier molecular flexibility index (Phi) is 4.68. The number of pyridine rings is 3. The van der Waals surface area contributed by atoms with E-state index in [1.165, 1.54) is 0 Å². The second-order valence-electron chi connectivity index (χ2n) is 8.83. The van der Waals surface area contributed by atoms with E-state index in [0.29, 0.717) is 41.1 Å². The number of likely N-dealkylation sites (N-methyl/N-ethyl adjacent to an activating group) is 1. The molecule has 1 unspecified atom stereocenters. The van der Waals surface area contributed by atoms with Crippen LogP contribution in [0.4, 0.5) is 23.1 Å². The van der Waals surface area contributed by atoms with Crippen molar-refractivity contribution in [2.75, 3.05) is 29.4 Å². The van der Waals surface area contributed by atoms with Crippen LogP contribution in [0, 0.1) is 0 Å². The van der Waals surface area contributed by atoms with Crippen molar-refractivity contribution < 1.29 is 9.00 Å². The second kappa shape index (κ2) is 7.67. The van der Waals surface area contributed by atoms with Gasteiger partial charge < -0.3 is 20.7 Å². The summed E-state index contributed by atoms with van der Waals surface area (Å²) in [5.74, 6) is 5.62. The van der Waals surface area contributed by atoms with Gasteiger partial charge in [0.25, 0.3) is 0 Å². The van der Waals surface area contributed by atoms with Gasteiger partial charge in [-0.2, -0.15) is 5.10 Å². The van der Waals surface area contributed by atoms with Gasteiger partial charge in [0, 0.05) is 55.1 Å². The summed E-state index contributed by atoms with van der Waals surface area (Å²) in [5, 5.41) is 9.33. The molecule has 1 amide bonds. The summed E-state index contributed by atoms with van der Waals surface area (Å²) in [6, 6.07) is 7.59. The molecule has 35 heavy (non-hydrogen) atoms. The lowest BCUT2D eigenvalue weighted by Gasteiger charge is -2.12. The van der Waals surface area contributed by atoms with Crippen molar-refractivity contribution in [3.05, 3.63) is 48.0 Å². The van der Waals surface area contributed by atoms with Crippen LogP contribution in [0.15, 0.2) is 36.7 Å². The van der Waals surface area contributed by atoms with Gasteiger partial charge in [-0.1, -0.05) is 0 Å². The maximum Gasteiger partial charge on any atom is 0.244 e. The third kappa shape index (κ3) is 3.91. The quantitative estimate of drug-likeness (QED) is 0.370. The molecule has 6 heterocycles. The van der Waals surface area contributed by atoms with E-state index in [1.807, 2.05) is 24.3 Å². The summed E-state index contributed by atoms with van der Waals surface area (Å²) in [5.41, 5.74) is 10.1. The molecule has 0 aromatic carbocycles. The zero-order valence-electron chi connectivity index (χ0n) is 19.0. The van der Waals surface area contributed by atoms with E-state index in [-0.39, 0.29) is 12.5 Å². The largest absolute Gasteiger partial charge is 0.383 e. The fraction of sp³-hybridized carbons (Fsp3) is 0.217. The lowest BCUT2D eigenvalue weighted by molar-refractivity contribution is -0.130. The standard InChI is InChI=1S/C23H23N9O2S/c1-31-4-3-15-8-21(29-32(15)11-22(31)33)28-20-7-13-5-17(27-23(24)16(13)10-26-20)14-6-18-19(25-9-14)12-35(2,34)30-18/h5-10H,2-4,11-12H2,1H3,(H2,24,27)(H,30,34)(H,26,28,29). The summed E-state index contributed by atoms with van der Waals surface area (Å²) >= 11 is 0. The smallest absolute Gasteiger partial charge is 0.244 e. The molecule has 2 aliphatic rings. The number of aromatic nitrogens is 5. The van der Waals surface area contributed by atoms with Crippen molar-refractivity contribution >= 4 is 55.4 Å². The Balaban J connectivity index is 1.32. The number of nitrogens with one attached hydrogen (secondary N) is 2. The molecule has 4 N–H and O–H groups in total. The zero-order chi connectivity index (χ0) is 24.3. The van der Waals surface area contributed by atoms with Crippen LogP contribution in [0.3, 0.4) is 0 Å². The van der Waals surface area contributed by atoms with Crippen molar-refractivity contribution in [2.24, 2.45) is 0 Å². The average molecular weight is 490 g/mol. The molecule has 0 spiro atoms. The predicted molar refractivity (Wildman–Crippen MR) is 137 cm³/mol. The van der Waals surface area contributed by atoms with E-state index < -0.39 is 9.71 Å². The van der Waals surface area contributed by atoms with Crippen LogP contribution in [-0.4, -0.2) is 59.2 Å². The van der Waals surface area contributed by atoms with Gasteiger partial charge in [0.05, 0.1) is 32.5 Å². The molecule has 0 aliphatic carbocycles. The highest BCUT2D eigenvalue weighted by molar-refractivity contribution is 8.01. The third-order valence-corrected chi connectivity index (χ3v) is 7.54. The van der Waals surface area contributed by atoms with Crippen LogP contribution in [0.25, 0.3) is 22.0 Å². The number of fused-ring (bicyclic) bond motifs is 3. The molecule has 4 aromatic heterocycles. The minimum atomic E-state index is -2.39.